The number of benzene rings is 1. The molecule has 4 aromatic rings. The highest BCUT2D eigenvalue weighted by atomic mass is 16.1. The molecule has 8 nitrogen and oxygen atoms in total. The van der Waals surface area contributed by atoms with Gasteiger partial charge in [-0.15, -0.1) is 10.2 Å². The maximum Gasteiger partial charge on any atom is 0.258 e. The summed E-state index contributed by atoms with van der Waals surface area (Å²) in [7, 11) is 0. The monoisotopic (exact) mass is 348 g/mol. The van der Waals surface area contributed by atoms with E-state index in [-0.39, 0.29) is 24.4 Å². The quantitative estimate of drug-likeness (QED) is 0.564. The van der Waals surface area contributed by atoms with Crippen LogP contribution in [0.3, 0.4) is 0 Å². The Balaban J connectivity index is 1.39. The molecule has 0 unspecified atom stereocenters. The number of rotatable bonds is 5. The van der Waals surface area contributed by atoms with Crippen LogP contribution in [0.15, 0.2) is 53.5 Å². The van der Waals surface area contributed by atoms with Crippen LogP contribution >= 0.6 is 0 Å². The van der Waals surface area contributed by atoms with Crippen LogP contribution in [0.25, 0.3) is 16.6 Å². The molecule has 3 heterocycles. The standard InChI is InChI=1S/C18H16N6O2/c25-17(19-11-16-23-22-15-7-3-4-10-24(15)16)9-8-14-20-13-6-2-1-5-12(13)18(26)21-14/h1-7,10H,8-9,11H2,(H,19,25)(H,20,21,26). The molecule has 0 saturated carbocycles. The zero-order valence-corrected chi connectivity index (χ0v) is 13.8. The fourth-order valence-electron chi connectivity index (χ4n) is 2.76. The molecule has 8 heteroatoms. The van der Waals surface area contributed by atoms with Gasteiger partial charge in [-0.05, 0) is 24.3 Å². The maximum absolute atomic E-state index is 12.1. The first-order valence-electron chi connectivity index (χ1n) is 8.24. The third-order valence-electron chi connectivity index (χ3n) is 4.08. The number of amides is 1. The van der Waals surface area contributed by atoms with Crippen molar-refractivity contribution in [3.8, 4) is 0 Å². The van der Waals surface area contributed by atoms with Crippen LogP contribution in [0, 0.1) is 0 Å². The minimum absolute atomic E-state index is 0.145. The number of carbonyl (C=O) groups is 1. The van der Waals surface area contributed by atoms with Crippen molar-refractivity contribution in [2.45, 2.75) is 19.4 Å². The molecule has 0 spiro atoms. The third kappa shape index (κ3) is 3.16. The molecule has 0 aliphatic carbocycles. The summed E-state index contributed by atoms with van der Waals surface area (Å²) in [5.41, 5.74) is 1.16. The number of aromatic amines is 1. The van der Waals surface area contributed by atoms with Gasteiger partial charge in [-0.3, -0.25) is 14.0 Å². The van der Waals surface area contributed by atoms with Gasteiger partial charge in [0.1, 0.15) is 5.82 Å². The summed E-state index contributed by atoms with van der Waals surface area (Å²) in [6.45, 7) is 0.283. The van der Waals surface area contributed by atoms with Crippen LogP contribution in [0.5, 0.6) is 0 Å². The molecular weight excluding hydrogens is 332 g/mol. The van der Waals surface area contributed by atoms with Gasteiger partial charge in [0, 0.05) is 19.0 Å². The zero-order valence-electron chi connectivity index (χ0n) is 13.8. The van der Waals surface area contributed by atoms with Crippen molar-refractivity contribution in [2.24, 2.45) is 0 Å². The van der Waals surface area contributed by atoms with Crippen LogP contribution in [0.2, 0.25) is 0 Å². The second-order valence-electron chi connectivity index (χ2n) is 5.85. The predicted octanol–water partition coefficient (Wildman–Crippen LogP) is 1.21. The number of pyridine rings is 1. The first-order valence-corrected chi connectivity index (χ1v) is 8.24. The number of carbonyl (C=O) groups excluding carboxylic acids is 1. The number of fused-ring (bicyclic) bond motifs is 2. The molecule has 2 N–H and O–H groups in total. The molecular formula is C18H16N6O2. The van der Waals surface area contributed by atoms with Crippen molar-refractivity contribution in [2.75, 3.05) is 0 Å². The van der Waals surface area contributed by atoms with E-state index in [1.54, 1.807) is 18.2 Å². The molecule has 0 radical (unpaired) electrons. The van der Waals surface area contributed by atoms with Gasteiger partial charge in [-0.2, -0.15) is 0 Å². The molecule has 3 aromatic heterocycles. The van der Waals surface area contributed by atoms with E-state index >= 15 is 0 Å². The van der Waals surface area contributed by atoms with Crippen molar-refractivity contribution < 1.29 is 4.79 Å². The van der Waals surface area contributed by atoms with Crippen LogP contribution in [0.4, 0.5) is 0 Å². The fourth-order valence-corrected chi connectivity index (χ4v) is 2.76. The molecule has 0 atom stereocenters. The maximum atomic E-state index is 12.1. The molecule has 0 aliphatic heterocycles. The summed E-state index contributed by atoms with van der Waals surface area (Å²) in [6.07, 6.45) is 2.42. The van der Waals surface area contributed by atoms with E-state index in [1.165, 1.54) is 0 Å². The predicted molar refractivity (Wildman–Crippen MR) is 95.5 cm³/mol. The fraction of sp³-hybridized carbons (Fsp3) is 0.167. The lowest BCUT2D eigenvalue weighted by Gasteiger charge is -2.05. The smallest absolute Gasteiger partial charge is 0.258 e. The number of nitrogens with one attached hydrogen (secondary N) is 2. The number of hydrogen-bond donors (Lipinski definition) is 2. The van der Waals surface area contributed by atoms with E-state index in [0.717, 1.165) is 5.65 Å². The van der Waals surface area contributed by atoms with Gasteiger partial charge in [0.25, 0.3) is 5.56 Å². The first kappa shape index (κ1) is 15.9. The molecule has 130 valence electrons. The van der Waals surface area contributed by atoms with Crippen LogP contribution in [-0.4, -0.2) is 30.5 Å². The summed E-state index contributed by atoms with van der Waals surface area (Å²) < 4.78 is 1.82. The minimum atomic E-state index is -0.194. The molecule has 0 fully saturated rings. The SMILES string of the molecule is O=C(CCc1nc2ccccc2c(=O)[nH]1)NCc1nnc2ccccn12. The number of aromatic nitrogens is 5. The van der Waals surface area contributed by atoms with E-state index in [2.05, 4.69) is 25.5 Å². The van der Waals surface area contributed by atoms with Crippen molar-refractivity contribution in [1.82, 2.24) is 29.9 Å². The van der Waals surface area contributed by atoms with Crippen molar-refractivity contribution in [3.05, 3.63) is 70.7 Å². The highest BCUT2D eigenvalue weighted by Crippen LogP contribution is 2.07. The van der Waals surface area contributed by atoms with Gasteiger partial charge in [-0.1, -0.05) is 18.2 Å². The van der Waals surface area contributed by atoms with E-state index < -0.39 is 0 Å². The number of nitrogens with zero attached hydrogens (tertiary/aromatic N) is 4. The van der Waals surface area contributed by atoms with Gasteiger partial charge in [-0.25, -0.2) is 4.98 Å². The summed E-state index contributed by atoms with van der Waals surface area (Å²) in [5.74, 6) is 1.01. The van der Waals surface area contributed by atoms with Gasteiger partial charge < -0.3 is 10.3 Å². The summed E-state index contributed by atoms with van der Waals surface area (Å²) in [6, 6.07) is 12.7. The Kier molecular flexibility index (Phi) is 4.14. The Labute approximate surface area is 147 Å². The Morgan fingerprint density at radius 3 is 2.88 bits per heavy atom. The largest absolute Gasteiger partial charge is 0.349 e. The van der Waals surface area contributed by atoms with Crippen molar-refractivity contribution in [3.63, 3.8) is 0 Å². The molecule has 26 heavy (non-hydrogen) atoms. The molecule has 1 aromatic carbocycles. The minimum Gasteiger partial charge on any atom is -0.349 e. The molecule has 0 bridgehead atoms. The van der Waals surface area contributed by atoms with E-state index in [4.69, 9.17) is 0 Å². The van der Waals surface area contributed by atoms with Crippen molar-refractivity contribution >= 4 is 22.5 Å². The number of para-hydroxylation sites is 1. The number of hydrogen-bond acceptors (Lipinski definition) is 5. The van der Waals surface area contributed by atoms with E-state index in [9.17, 15) is 9.59 Å². The molecule has 1 amide bonds. The lowest BCUT2D eigenvalue weighted by Crippen LogP contribution is -2.24. The summed E-state index contributed by atoms with van der Waals surface area (Å²) >= 11 is 0. The van der Waals surface area contributed by atoms with Crippen LogP contribution in [-0.2, 0) is 17.8 Å². The summed E-state index contributed by atoms with van der Waals surface area (Å²) in [5, 5.41) is 11.5. The second-order valence-corrected chi connectivity index (χ2v) is 5.85. The van der Waals surface area contributed by atoms with Gasteiger partial charge in [0.05, 0.1) is 17.4 Å². The Morgan fingerprint density at radius 2 is 1.96 bits per heavy atom. The zero-order chi connectivity index (χ0) is 17.9. The number of H-pyrrole nitrogens is 1. The molecule has 0 aliphatic rings. The lowest BCUT2D eigenvalue weighted by molar-refractivity contribution is -0.121. The van der Waals surface area contributed by atoms with Gasteiger partial charge in [0.15, 0.2) is 11.5 Å². The third-order valence-corrected chi connectivity index (χ3v) is 4.08. The van der Waals surface area contributed by atoms with Crippen LogP contribution in [0.1, 0.15) is 18.1 Å². The first-order chi connectivity index (χ1) is 12.7. The normalized spacial score (nSPS) is 11.1. The highest BCUT2D eigenvalue weighted by molar-refractivity contribution is 5.78. The van der Waals surface area contributed by atoms with Crippen LogP contribution < -0.4 is 10.9 Å². The van der Waals surface area contributed by atoms with E-state index in [0.29, 0.717) is 29.0 Å². The topological polar surface area (TPSA) is 105 Å². The molecule has 0 saturated heterocycles. The highest BCUT2D eigenvalue weighted by Gasteiger charge is 2.09. The second kappa shape index (κ2) is 6.75. The average Bonchev–Trinajstić information content (AvgIpc) is 3.08. The van der Waals surface area contributed by atoms with E-state index in [1.807, 2.05) is 34.9 Å². The van der Waals surface area contributed by atoms with Crippen molar-refractivity contribution in [1.29, 1.82) is 0 Å². The number of aryl methyl sites for hydroxylation is 1. The van der Waals surface area contributed by atoms with Gasteiger partial charge >= 0.3 is 0 Å². The average molecular weight is 348 g/mol. The Hall–Kier alpha value is -3.55. The lowest BCUT2D eigenvalue weighted by atomic mass is 10.2. The molecule has 4 rings (SSSR count). The van der Waals surface area contributed by atoms with Gasteiger partial charge in [0.2, 0.25) is 5.91 Å². The summed E-state index contributed by atoms with van der Waals surface area (Å²) in [4.78, 5) is 31.3. The Bertz CT molecular complexity index is 1150. The Morgan fingerprint density at radius 1 is 1.12 bits per heavy atom.